The molecule has 0 spiro atoms. The predicted molar refractivity (Wildman–Crippen MR) is 69.5 cm³/mol. The number of amides is 1. The second-order valence-electron chi connectivity index (χ2n) is 3.31. The number of benzene rings is 1. The minimum Gasteiger partial charge on any atom is -0.383 e. The Bertz CT molecular complexity index is 429. The van der Waals surface area contributed by atoms with Gasteiger partial charge in [0.05, 0.1) is 12.2 Å². The van der Waals surface area contributed by atoms with Crippen LogP contribution in [0, 0.1) is 5.82 Å². The van der Waals surface area contributed by atoms with Gasteiger partial charge < -0.3 is 10.1 Å². The van der Waals surface area contributed by atoms with Crippen molar-refractivity contribution in [1.29, 1.82) is 0 Å². The molecule has 3 N–H and O–H groups in total. The van der Waals surface area contributed by atoms with Gasteiger partial charge in [-0.15, -0.1) is 0 Å². The standard InChI is InChI=1S/C11H14FN3O2S/c1-17-7-6-13-11(18)15-14-10(16)8-4-2-3-5-9(8)12/h2-5H,6-7H2,1H3,(H,14,16)(H2,13,15,18). The van der Waals surface area contributed by atoms with Crippen molar-refractivity contribution in [3.63, 3.8) is 0 Å². The van der Waals surface area contributed by atoms with Gasteiger partial charge in [0, 0.05) is 13.7 Å². The first-order valence-corrected chi connectivity index (χ1v) is 5.63. The molecule has 0 unspecified atom stereocenters. The maximum atomic E-state index is 13.3. The minimum atomic E-state index is -0.594. The molecule has 0 saturated heterocycles. The maximum absolute atomic E-state index is 13.3. The van der Waals surface area contributed by atoms with E-state index < -0.39 is 11.7 Å². The minimum absolute atomic E-state index is 0.0512. The molecule has 0 aliphatic heterocycles. The molecular weight excluding hydrogens is 257 g/mol. The van der Waals surface area contributed by atoms with Gasteiger partial charge in [0.25, 0.3) is 5.91 Å². The average Bonchev–Trinajstić information content (AvgIpc) is 2.37. The number of methoxy groups -OCH3 is 1. The third kappa shape index (κ3) is 4.64. The van der Waals surface area contributed by atoms with E-state index in [0.717, 1.165) is 0 Å². The molecule has 0 atom stereocenters. The molecule has 98 valence electrons. The van der Waals surface area contributed by atoms with E-state index in [1.807, 2.05) is 0 Å². The Labute approximate surface area is 110 Å². The molecule has 1 rings (SSSR count). The number of carbonyl (C=O) groups is 1. The smallest absolute Gasteiger partial charge is 0.272 e. The van der Waals surface area contributed by atoms with Gasteiger partial charge in [-0.25, -0.2) is 4.39 Å². The summed E-state index contributed by atoms with van der Waals surface area (Å²) in [5, 5.41) is 3.02. The molecule has 0 aromatic heterocycles. The largest absolute Gasteiger partial charge is 0.383 e. The van der Waals surface area contributed by atoms with E-state index in [0.29, 0.717) is 13.2 Å². The van der Waals surface area contributed by atoms with E-state index in [9.17, 15) is 9.18 Å². The van der Waals surface area contributed by atoms with Crippen molar-refractivity contribution < 1.29 is 13.9 Å². The Morgan fingerprint density at radius 3 is 2.78 bits per heavy atom. The van der Waals surface area contributed by atoms with Gasteiger partial charge in [-0.05, 0) is 24.4 Å². The van der Waals surface area contributed by atoms with Crippen molar-refractivity contribution in [2.75, 3.05) is 20.3 Å². The van der Waals surface area contributed by atoms with Gasteiger partial charge in [0.15, 0.2) is 5.11 Å². The lowest BCUT2D eigenvalue weighted by molar-refractivity contribution is 0.0939. The Kier molecular flexibility index (Phi) is 6.03. The molecule has 0 aliphatic carbocycles. The van der Waals surface area contributed by atoms with Crippen molar-refractivity contribution in [3.8, 4) is 0 Å². The maximum Gasteiger partial charge on any atom is 0.272 e. The van der Waals surface area contributed by atoms with Crippen molar-refractivity contribution in [1.82, 2.24) is 16.2 Å². The van der Waals surface area contributed by atoms with Crippen LogP contribution in [0.25, 0.3) is 0 Å². The van der Waals surface area contributed by atoms with Crippen molar-refractivity contribution in [2.24, 2.45) is 0 Å². The summed E-state index contributed by atoms with van der Waals surface area (Å²) in [6, 6.07) is 5.68. The fraction of sp³-hybridized carbons (Fsp3) is 0.273. The van der Waals surface area contributed by atoms with Crippen molar-refractivity contribution in [2.45, 2.75) is 0 Å². The summed E-state index contributed by atoms with van der Waals surface area (Å²) in [5.74, 6) is -1.18. The normalized spacial score (nSPS) is 9.67. The molecule has 0 saturated carbocycles. The number of hydrogen-bond donors (Lipinski definition) is 3. The van der Waals surface area contributed by atoms with Crippen LogP contribution in [0.4, 0.5) is 4.39 Å². The number of thiocarbonyl (C=S) groups is 1. The lowest BCUT2D eigenvalue weighted by Crippen LogP contribution is -2.47. The number of hydrogen-bond acceptors (Lipinski definition) is 3. The van der Waals surface area contributed by atoms with E-state index >= 15 is 0 Å². The first kappa shape index (κ1) is 14.3. The summed E-state index contributed by atoms with van der Waals surface area (Å²) < 4.78 is 18.1. The van der Waals surface area contributed by atoms with Crippen LogP contribution in [-0.2, 0) is 4.74 Å². The summed E-state index contributed by atoms with van der Waals surface area (Å²) in [4.78, 5) is 11.6. The number of ether oxygens (including phenoxy) is 1. The molecule has 0 bridgehead atoms. The van der Waals surface area contributed by atoms with Crippen LogP contribution in [0.3, 0.4) is 0 Å². The number of hydrazine groups is 1. The quantitative estimate of drug-likeness (QED) is 0.425. The Balaban J connectivity index is 2.38. The highest BCUT2D eigenvalue weighted by molar-refractivity contribution is 7.80. The van der Waals surface area contributed by atoms with Crippen LogP contribution in [-0.4, -0.2) is 31.3 Å². The summed E-state index contributed by atoms with van der Waals surface area (Å²) in [5.41, 5.74) is 4.71. The Morgan fingerprint density at radius 1 is 1.39 bits per heavy atom. The molecule has 1 aromatic rings. The Hall–Kier alpha value is -1.73. The second kappa shape index (κ2) is 7.57. The predicted octanol–water partition coefficient (Wildman–Crippen LogP) is 0.581. The van der Waals surface area contributed by atoms with E-state index in [1.54, 1.807) is 13.2 Å². The van der Waals surface area contributed by atoms with Crippen LogP contribution in [0.15, 0.2) is 24.3 Å². The fourth-order valence-corrected chi connectivity index (χ4v) is 1.29. The summed E-state index contributed by atoms with van der Waals surface area (Å²) in [6.07, 6.45) is 0. The molecular formula is C11H14FN3O2S. The SMILES string of the molecule is COCCNC(=S)NNC(=O)c1ccccc1F. The number of carbonyl (C=O) groups excluding carboxylic acids is 1. The third-order valence-corrected chi connectivity index (χ3v) is 2.25. The van der Waals surface area contributed by atoms with E-state index in [1.165, 1.54) is 18.2 Å². The van der Waals surface area contributed by atoms with E-state index in [4.69, 9.17) is 17.0 Å². The molecule has 0 heterocycles. The summed E-state index contributed by atoms with van der Waals surface area (Å²) in [7, 11) is 1.57. The van der Waals surface area contributed by atoms with E-state index in [-0.39, 0.29) is 10.7 Å². The van der Waals surface area contributed by atoms with Gasteiger partial charge in [-0.3, -0.25) is 15.6 Å². The molecule has 5 nitrogen and oxygen atoms in total. The fourth-order valence-electron chi connectivity index (χ4n) is 1.14. The molecule has 18 heavy (non-hydrogen) atoms. The molecule has 7 heteroatoms. The van der Waals surface area contributed by atoms with Crippen LogP contribution < -0.4 is 16.2 Å². The Morgan fingerprint density at radius 2 is 2.11 bits per heavy atom. The number of rotatable bonds is 4. The zero-order valence-corrected chi connectivity index (χ0v) is 10.6. The second-order valence-corrected chi connectivity index (χ2v) is 3.72. The first-order valence-electron chi connectivity index (χ1n) is 5.23. The lowest BCUT2D eigenvalue weighted by atomic mass is 10.2. The highest BCUT2D eigenvalue weighted by atomic mass is 32.1. The molecule has 0 aliphatic rings. The van der Waals surface area contributed by atoms with Gasteiger partial charge >= 0.3 is 0 Å². The van der Waals surface area contributed by atoms with Crippen LogP contribution in [0.2, 0.25) is 0 Å². The zero-order valence-electron chi connectivity index (χ0n) is 9.83. The van der Waals surface area contributed by atoms with Crippen molar-refractivity contribution in [3.05, 3.63) is 35.6 Å². The zero-order chi connectivity index (χ0) is 13.4. The topological polar surface area (TPSA) is 62.4 Å². The monoisotopic (exact) mass is 271 g/mol. The van der Waals surface area contributed by atoms with E-state index in [2.05, 4.69) is 16.2 Å². The highest BCUT2D eigenvalue weighted by Gasteiger charge is 2.10. The lowest BCUT2D eigenvalue weighted by Gasteiger charge is -2.11. The molecule has 1 amide bonds. The molecule has 0 fully saturated rings. The first-order chi connectivity index (χ1) is 8.65. The number of halogens is 1. The summed E-state index contributed by atoms with van der Waals surface area (Å²) >= 11 is 4.88. The van der Waals surface area contributed by atoms with Crippen LogP contribution >= 0.6 is 12.2 Å². The van der Waals surface area contributed by atoms with Gasteiger partial charge in [0.1, 0.15) is 5.82 Å². The van der Waals surface area contributed by atoms with Crippen LogP contribution in [0.1, 0.15) is 10.4 Å². The van der Waals surface area contributed by atoms with Gasteiger partial charge in [-0.1, -0.05) is 12.1 Å². The molecule has 1 aromatic carbocycles. The van der Waals surface area contributed by atoms with Gasteiger partial charge in [0.2, 0.25) is 0 Å². The highest BCUT2D eigenvalue weighted by Crippen LogP contribution is 2.04. The van der Waals surface area contributed by atoms with Crippen molar-refractivity contribution >= 4 is 23.2 Å². The summed E-state index contributed by atoms with van der Waals surface area (Å²) in [6.45, 7) is 1.00. The third-order valence-electron chi connectivity index (χ3n) is 2.00. The molecule has 0 radical (unpaired) electrons. The average molecular weight is 271 g/mol. The number of nitrogens with one attached hydrogen (secondary N) is 3. The van der Waals surface area contributed by atoms with Crippen LogP contribution in [0.5, 0.6) is 0 Å². The van der Waals surface area contributed by atoms with Gasteiger partial charge in [-0.2, -0.15) is 0 Å².